The molecule has 0 saturated heterocycles. The van der Waals surface area contributed by atoms with E-state index >= 15 is 0 Å². The lowest BCUT2D eigenvalue weighted by Crippen LogP contribution is -2.37. The second-order valence-electron chi connectivity index (χ2n) is 4.10. The van der Waals surface area contributed by atoms with Gasteiger partial charge in [0, 0.05) is 13.1 Å². The highest BCUT2D eigenvalue weighted by Crippen LogP contribution is 2.40. The van der Waals surface area contributed by atoms with Crippen LogP contribution < -0.4 is 0 Å². The number of carbonyl (C=O) groups is 2. The highest BCUT2D eigenvalue weighted by Gasteiger charge is 2.25. The molecule has 0 amide bonds. The normalized spacial score (nSPS) is 12.9. The number of hydrogen-bond acceptors (Lipinski definition) is 6. The molecular formula is C8H18N2O8P2. The van der Waals surface area contributed by atoms with Gasteiger partial charge in [-0.05, 0) is 0 Å². The van der Waals surface area contributed by atoms with Crippen molar-refractivity contribution in [1.29, 1.82) is 0 Å². The van der Waals surface area contributed by atoms with E-state index in [1.165, 1.54) is 4.90 Å². The fourth-order valence-corrected chi connectivity index (χ4v) is 3.14. The van der Waals surface area contributed by atoms with Crippen molar-refractivity contribution in [3.05, 3.63) is 0 Å². The van der Waals surface area contributed by atoms with Gasteiger partial charge in [-0.25, -0.2) is 0 Å². The van der Waals surface area contributed by atoms with Crippen molar-refractivity contribution in [2.24, 2.45) is 0 Å². The maximum atomic E-state index is 10.9. The standard InChI is InChI=1S/C8H18N2O8P2/c11-5-3-9(4-6-12)1-2-10(7-19(13,14)15)8-20(16,17)18/h5-6H,1-4,7-8H2,(H2,13,14,15)(H2,16,17,18). The Morgan fingerprint density at radius 1 is 0.750 bits per heavy atom. The Balaban J connectivity index is 4.62. The number of nitrogens with zero attached hydrogens (tertiary/aromatic N) is 2. The van der Waals surface area contributed by atoms with Crippen molar-refractivity contribution in [2.45, 2.75) is 0 Å². The second-order valence-corrected chi connectivity index (χ2v) is 7.32. The molecule has 0 aliphatic carbocycles. The summed E-state index contributed by atoms with van der Waals surface area (Å²) in [6.07, 6.45) is -0.512. The molecule has 0 aliphatic heterocycles. The Morgan fingerprint density at radius 3 is 1.40 bits per heavy atom. The maximum Gasteiger partial charge on any atom is 0.339 e. The lowest BCUT2D eigenvalue weighted by molar-refractivity contribution is -0.111. The first-order valence-electron chi connectivity index (χ1n) is 5.48. The summed E-state index contributed by atoms with van der Waals surface area (Å²) in [5.41, 5.74) is 0. The van der Waals surface area contributed by atoms with Crippen LogP contribution in [0.1, 0.15) is 0 Å². The molecule has 0 heterocycles. The van der Waals surface area contributed by atoms with Crippen molar-refractivity contribution in [3.8, 4) is 0 Å². The van der Waals surface area contributed by atoms with Gasteiger partial charge >= 0.3 is 15.2 Å². The summed E-state index contributed by atoms with van der Waals surface area (Å²) in [6, 6.07) is 0. The molecule has 0 aromatic heterocycles. The average Bonchev–Trinajstić information content (AvgIpc) is 2.21. The first-order valence-corrected chi connectivity index (χ1v) is 9.08. The smallest absolute Gasteiger partial charge is 0.324 e. The van der Waals surface area contributed by atoms with E-state index in [1.54, 1.807) is 0 Å². The van der Waals surface area contributed by atoms with E-state index in [2.05, 4.69) is 0 Å². The molecule has 0 bridgehead atoms. The first kappa shape index (κ1) is 19.6. The minimum absolute atomic E-state index is 0.0571. The van der Waals surface area contributed by atoms with E-state index < -0.39 is 27.8 Å². The van der Waals surface area contributed by atoms with Crippen LogP contribution in [-0.4, -0.2) is 80.7 Å². The SMILES string of the molecule is O=CCN(CC=O)CCN(CP(=O)(O)O)CP(=O)(O)O. The zero-order valence-corrected chi connectivity index (χ0v) is 12.4. The zero-order chi connectivity index (χ0) is 15.8. The minimum Gasteiger partial charge on any atom is -0.324 e. The van der Waals surface area contributed by atoms with Crippen LogP contribution in [0.5, 0.6) is 0 Å². The predicted octanol–water partition coefficient (Wildman–Crippen LogP) is -1.74. The predicted molar refractivity (Wildman–Crippen MR) is 69.1 cm³/mol. The molecule has 20 heavy (non-hydrogen) atoms. The fourth-order valence-electron chi connectivity index (χ4n) is 1.46. The minimum atomic E-state index is -4.47. The fraction of sp³-hybridized carbons (Fsp3) is 0.750. The van der Waals surface area contributed by atoms with Gasteiger partial charge < -0.3 is 29.2 Å². The molecule has 0 aliphatic rings. The highest BCUT2D eigenvalue weighted by atomic mass is 31.2. The lowest BCUT2D eigenvalue weighted by atomic mass is 10.4. The monoisotopic (exact) mass is 332 g/mol. The molecule has 0 unspecified atom stereocenters. The molecule has 0 rings (SSSR count). The van der Waals surface area contributed by atoms with Gasteiger partial charge in [-0.1, -0.05) is 0 Å². The van der Waals surface area contributed by atoms with Crippen molar-refractivity contribution in [2.75, 3.05) is 38.8 Å². The molecule has 4 N–H and O–H groups in total. The Labute approximate surface area is 115 Å². The van der Waals surface area contributed by atoms with Gasteiger partial charge in [0.25, 0.3) is 0 Å². The van der Waals surface area contributed by atoms with Crippen molar-refractivity contribution in [1.82, 2.24) is 9.80 Å². The van der Waals surface area contributed by atoms with Gasteiger partial charge in [0.2, 0.25) is 0 Å². The van der Waals surface area contributed by atoms with Gasteiger partial charge in [-0.15, -0.1) is 0 Å². The van der Waals surface area contributed by atoms with Gasteiger partial charge in [0.15, 0.2) is 0 Å². The number of rotatable bonds is 11. The molecule has 0 aromatic carbocycles. The summed E-state index contributed by atoms with van der Waals surface area (Å²) in [4.78, 5) is 58.4. The third-order valence-corrected chi connectivity index (χ3v) is 3.70. The van der Waals surface area contributed by atoms with Crippen molar-refractivity contribution < 1.29 is 38.3 Å². The topological polar surface area (TPSA) is 156 Å². The second kappa shape index (κ2) is 8.76. The Hall–Kier alpha value is -0.440. The van der Waals surface area contributed by atoms with Crippen LogP contribution in [-0.2, 0) is 18.7 Å². The largest absolute Gasteiger partial charge is 0.339 e. The van der Waals surface area contributed by atoms with Gasteiger partial charge in [0.1, 0.15) is 25.1 Å². The zero-order valence-electron chi connectivity index (χ0n) is 10.6. The summed E-state index contributed by atoms with van der Waals surface area (Å²) < 4.78 is 21.8. The van der Waals surface area contributed by atoms with E-state index in [0.717, 1.165) is 4.90 Å². The Kier molecular flexibility index (Phi) is 8.57. The Morgan fingerprint density at radius 2 is 1.10 bits per heavy atom. The van der Waals surface area contributed by atoms with Crippen molar-refractivity contribution >= 4 is 27.8 Å². The summed E-state index contributed by atoms with van der Waals surface area (Å²) >= 11 is 0. The van der Waals surface area contributed by atoms with E-state index in [9.17, 15) is 18.7 Å². The summed E-state index contributed by atoms with van der Waals surface area (Å²) in [6.45, 7) is -0.147. The molecule has 10 nitrogen and oxygen atoms in total. The quantitative estimate of drug-likeness (QED) is 0.253. The summed E-state index contributed by atoms with van der Waals surface area (Å²) in [5.74, 6) is 0. The summed E-state index contributed by atoms with van der Waals surface area (Å²) in [5, 5.41) is 0. The first-order chi connectivity index (χ1) is 9.07. The van der Waals surface area contributed by atoms with E-state index in [-0.39, 0.29) is 26.2 Å². The van der Waals surface area contributed by atoms with Gasteiger partial charge in [-0.2, -0.15) is 0 Å². The van der Waals surface area contributed by atoms with E-state index in [0.29, 0.717) is 12.6 Å². The molecule has 0 radical (unpaired) electrons. The van der Waals surface area contributed by atoms with Crippen LogP contribution in [0.3, 0.4) is 0 Å². The number of hydrogen-bond donors (Lipinski definition) is 4. The van der Waals surface area contributed by atoms with Crippen LogP contribution in [0.2, 0.25) is 0 Å². The molecule has 0 aromatic rings. The maximum absolute atomic E-state index is 10.9. The lowest BCUT2D eigenvalue weighted by Gasteiger charge is -2.25. The number of carbonyl (C=O) groups excluding carboxylic acids is 2. The van der Waals surface area contributed by atoms with Crippen LogP contribution >= 0.6 is 15.2 Å². The number of aldehydes is 2. The molecule has 12 heteroatoms. The van der Waals surface area contributed by atoms with E-state index in [4.69, 9.17) is 19.6 Å². The molecule has 0 fully saturated rings. The molecule has 0 saturated carbocycles. The van der Waals surface area contributed by atoms with Crippen LogP contribution in [0.15, 0.2) is 0 Å². The Bertz CT molecular complexity index is 371. The molecular weight excluding hydrogens is 314 g/mol. The van der Waals surface area contributed by atoms with Gasteiger partial charge in [0.05, 0.1) is 13.1 Å². The van der Waals surface area contributed by atoms with Crippen molar-refractivity contribution in [3.63, 3.8) is 0 Å². The van der Waals surface area contributed by atoms with Crippen LogP contribution in [0.25, 0.3) is 0 Å². The highest BCUT2D eigenvalue weighted by molar-refractivity contribution is 7.52. The van der Waals surface area contributed by atoms with E-state index in [1.807, 2.05) is 0 Å². The molecule has 118 valence electrons. The molecule has 0 atom stereocenters. The third kappa shape index (κ3) is 11.4. The van der Waals surface area contributed by atoms with Crippen LogP contribution in [0.4, 0.5) is 0 Å². The van der Waals surface area contributed by atoms with Crippen LogP contribution in [0, 0.1) is 0 Å². The molecule has 0 spiro atoms. The average molecular weight is 332 g/mol. The summed E-state index contributed by atoms with van der Waals surface area (Å²) in [7, 11) is -8.95. The van der Waals surface area contributed by atoms with Gasteiger partial charge in [-0.3, -0.25) is 18.9 Å². The third-order valence-electron chi connectivity index (χ3n) is 2.17.